The third kappa shape index (κ3) is 2.68. The molecule has 0 spiro atoms. The van der Waals surface area contributed by atoms with Gasteiger partial charge in [-0.2, -0.15) is 0 Å². The van der Waals surface area contributed by atoms with E-state index in [9.17, 15) is 4.79 Å². The minimum absolute atomic E-state index is 0.181. The number of pyridine rings is 1. The van der Waals surface area contributed by atoms with Crippen molar-refractivity contribution in [2.75, 3.05) is 5.32 Å². The Morgan fingerprint density at radius 1 is 1.53 bits per heavy atom. The van der Waals surface area contributed by atoms with Crippen molar-refractivity contribution in [2.45, 2.75) is 25.3 Å². The highest BCUT2D eigenvalue weighted by Gasteiger charge is 2.19. The van der Waals surface area contributed by atoms with Gasteiger partial charge in [0.1, 0.15) is 5.82 Å². The molecule has 0 unspecified atom stereocenters. The zero-order chi connectivity index (χ0) is 10.7. The molecule has 2 rings (SSSR count). The van der Waals surface area contributed by atoms with Crippen LogP contribution in [0.3, 0.4) is 0 Å². The minimum Gasteiger partial charge on any atom is -0.335 e. The molecule has 0 radical (unpaired) electrons. The Bertz CT molecular complexity index is 365. The van der Waals surface area contributed by atoms with Crippen LogP contribution in [-0.4, -0.2) is 17.1 Å². The van der Waals surface area contributed by atoms with Gasteiger partial charge in [-0.3, -0.25) is 5.32 Å². The van der Waals surface area contributed by atoms with Gasteiger partial charge < -0.3 is 5.32 Å². The second-order valence-corrected chi connectivity index (χ2v) is 4.41. The molecular formula is C10H12BrN3O. The second kappa shape index (κ2) is 4.61. The normalized spacial score (nSPS) is 15.5. The third-order valence-corrected chi connectivity index (χ3v) is 3.07. The molecule has 0 aromatic carbocycles. The number of hydrogen-bond donors (Lipinski definition) is 2. The number of carbonyl (C=O) groups excluding carboxylic acids is 1. The number of aromatic nitrogens is 1. The van der Waals surface area contributed by atoms with E-state index in [2.05, 4.69) is 31.5 Å². The average Bonchev–Trinajstić information content (AvgIpc) is 2.16. The van der Waals surface area contributed by atoms with Gasteiger partial charge in [0.2, 0.25) is 0 Å². The molecule has 1 aliphatic carbocycles. The number of anilines is 1. The number of carbonyl (C=O) groups is 1. The number of nitrogens with zero attached hydrogens (tertiary/aromatic N) is 1. The Hall–Kier alpha value is -1.10. The summed E-state index contributed by atoms with van der Waals surface area (Å²) in [5.74, 6) is 0.550. The van der Waals surface area contributed by atoms with E-state index in [1.807, 2.05) is 6.07 Å². The van der Waals surface area contributed by atoms with Gasteiger partial charge in [-0.05, 0) is 47.3 Å². The Labute approximate surface area is 96.6 Å². The van der Waals surface area contributed by atoms with Gasteiger partial charge in [0.05, 0.1) is 4.47 Å². The quantitative estimate of drug-likeness (QED) is 0.867. The Morgan fingerprint density at radius 3 is 2.93 bits per heavy atom. The standard InChI is InChI=1S/C10H12BrN3O/c11-8-5-2-6-12-9(8)14-10(15)13-7-3-1-4-7/h2,5-7H,1,3-4H2,(H2,12,13,14,15). The Balaban J connectivity index is 1.90. The molecule has 2 N–H and O–H groups in total. The molecule has 1 fully saturated rings. The molecule has 1 aromatic heterocycles. The predicted molar refractivity (Wildman–Crippen MR) is 61.7 cm³/mol. The summed E-state index contributed by atoms with van der Waals surface area (Å²) < 4.78 is 0.786. The molecule has 15 heavy (non-hydrogen) atoms. The summed E-state index contributed by atoms with van der Waals surface area (Å²) in [5, 5.41) is 5.58. The lowest BCUT2D eigenvalue weighted by Gasteiger charge is -2.26. The molecule has 0 aliphatic heterocycles. The summed E-state index contributed by atoms with van der Waals surface area (Å²) >= 11 is 3.32. The summed E-state index contributed by atoms with van der Waals surface area (Å²) in [6, 6.07) is 3.80. The van der Waals surface area contributed by atoms with Gasteiger partial charge in [0.15, 0.2) is 0 Å². The molecule has 0 saturated heterocycles. The lowest BCUT2D eigenvalue weighted by Crippen LogP contribution is -2.42. The van der Waals surface area contributed by atoms with Crippen molar-refractivity contribution >= 4 is 27.8 Å². The van der Waals surface area contributed by atoms with Crippen LogP contribution in [-0.2, 0) is 0 Å². The highest BCUT2D eigenvalue weighted by atomic mass is 79.9. The first-order chi connectivity index (χ1) is 7.25. The van der Waals surface area contributed by atoms with Crippen LogP contribution in [0.15, 0.2) is 22.8 Å². The van der Waals surface area contributed by atoms with E-state index in [0.717, 1.165) is 17.3 Å². The van der Waals surface area contributed by atoms with Crippen molar-refractivity contribution in [3.8, 4) is 0 Å². The number of hydrogen-bond acceptors (Lipinski definition) is 2. The van der Waals surface area contributed by atoms with Crippen molar-refractivity contribution in [2.24, 2.45) is 0 Å². The third-order valence-electron chi connectivity index (χ3n) is 2.43. The highest BCUT2D eigenvalue weighted by Crippen LogP contribution is 2.20. The largest absolute Gasteiger partial charge is 0.335 e. The van der Waals surface area contributed by atoms with Crippen LogP contribution in [0.1, 0.15) is 19.3 Å². The maximum absolute atomic E-state index is 11.5. The summed E-state index contributed by atoms with van der Waals surface area (Å²) in [6.45, 7) is 0. The SMILES string of the molecule is O=C(Nc1ncccc1Br)NC1CCC1. The van der Waals surface area contributed by atoms with Crippen molar-refractivity contribution in [1.29, 1.82) is 0 Å². The Kier molecular flexibility index (Phi) is 3.20. The molecule has 1 aromatic rings. The van der Waals surface area contributed by atoms with E-state index in [-0.39, 0.29) is 6.03 Å². The van der Waals surface area contributed by atoms with Crippen molar-refractivity contribution in [3.05, 3.63) is 22.8 Å². The molecule has 4 nitrogen and oxygen atoms in total. The summed E-state index contributed by atoms with van der Waals surface area (Å²) in [7, 11) is 0. The molecule has 1 heterocycles. The Morgan fingerprint density at radius 2 is 2.33 bits per heavy atom. The van der Waals surface area contributed by atoms with Gasteiger partial charge in [0, 0.05) is 12.2 Å². The van der Waals surface area contributed by atoms with Crippen LogP contribution in [0.25, 0.3) is 0 Å². The van der Waals surface area contributed by atoms with E-state index in [4.69, 9.17) is 0 Å². The fourth-order valence-electron chi connectivity index (χ4n) is 1.36. The molecule has 2 amide bonds. The first-order valence-corrected chi connectivity index (χ1v) is 5.73. The van der Waals surface area contributed by atoms with E-state index in [1.54, 1.807) is 12.3 Å². The molecular weight excluding hydrogens is 258 g/mol. The fourth-order valence-corrected chi connectivity index (χ4v) is 1.71. The van der Waals surface area contributed by atoms with Gasteiger partial charge in [-0.15, -0.1) is 0 Å². The van der Waals surface area contributed by atoms with Crippen LogP contribution in [0.4, 0.5) is 10.6 Å². The van der Waals surface area contributed by atoms with Crippen molar-refractivity contribution in [3.63, 3.8) is 0 Å². The zero-order valence-corrected chi connectivity index (χ0v) is 9.75. The number of urea groups is 1. The molecule has 5 heteroatoms. The molecule has 0 bridgehead atoms. The van der Waals surface area contributed by atoms with Crippen LogP contribution < -0.4 is 10.6 Å². The van der Waals surface area contributed by atoms with Gasteiger partial charge in [0.25, 0.3) is 0 Å². The fraction of sp³-hybridized carbons (Fsp3) is 0.400. The topological polar surface area (TPSA) is 54.0 Å². The van der Waals surface area contributed by atoms with Crippen LogP contribution in [0.5, 0.6) is 0 Å². The van der Waals surface area contributed by atoms with Gasteiger partial charge >= 0.3 is 6.03 Å². The molecule has 0 atom stereocenters. The van der Waals surface area contributed by atoms with Gasteiger partial charge in [-0.25, -0.2) is 9.78 Å². The van der Waals surface area contributed by atoms with Crippen LogP contribution >= 0.6 is 15.9 Å². The monoisotopic (exact) mass is 269 g/mol. The van der Waals surface area contributed by atoms with E-state index >= 15 is 0 Å². The van der Waals surface area contributed by atoms with Crippen LogP contribution in [0, 0.1) is 0 Å². The number of amides is 2. The summed E-state index contributed by atoms with van der Waals surface area (Å²) in [6.07, 6.45) is 5.01. The average molecular weight is 270 g/mol. The maximum Gasteiger partial charge on any atom is 0.320 e. The molecule has 1 aliphatic rings. The van der Waals surface area contributed by atoms with Crippen LogP contribution in [0.2, 0.25) is 0 Å². The van der Waals surface area contributed by atoms with Crippen molar-refractivity contribution < 1.29 is 4.79 Å². The van der Waals surface area contributed by atoms with Crippen molar-refractivity contribution in [1.82, 2.24) is 10.3 Å². The zero-order valence-electron chi connectivity index (χ0n) is 8.16. The number of rotatable bonds is 2. The van der Waals surface area contributed by atoms with E-state index < -0.39 is 0 Å². The summed E-state index contributed by atoms with van der Waals surface area (Å²) in [5.41, 5.74) is 0. The van der Waals surface area contributed by atoms with E-state index in [0.29, 0.717) is 11.9 Å². The highest BCUT2D eigenvalue weighted by molar-refractivity contribution is 9.10. The number of halogens is 1. The van der Waals surface area contributed by atoms with Gasteiger partial charge in [-0.1, -0.05) is 0 Å². The minimum atomic E-state index is -0.181. The molecule has 1 saturated carbocycles. The summed E-state index contributed by atoms with van der Waals surface area (Å²) in [4.78, 5) is 15.5. The predicted octanol–water partition coefficient (Wildman–Crippen LogP) is 2.52. The first kappa shape index (κ1) is 10.4. The lowest BCUT2D eigenvalue weighted by molar-refractivity contribution is 0.240. The maximum atomic E-state index is 11.5. The smallest absolute Gasteiger partial charge is 0.320 e. The second-order valence-electron chi connectivity index (χ2n) is 3.56. The first-order valence-electron chi connectivity index (χ1n) is 4.94. The number of nitrogens with one attached hydrogen (secondary N) is 2. The lowest BCUT2D eigenvalue weighted by atomic mass is 9.93. The van der Waals surface area contributed by atoms with E-state index in [1.165, 1.54) is 6.42 Å². The molecule has 80 valence electrons.